The van der Waals surface area contributed by atoms with Crippen molar-refractivity contribution >= 4 is 16.1 Å². The molecule has 0 nitrogen and oxygen atoms in total. The van der Waals surface area contributed by atoms with E-state index in [4.69, 9.17) is 0 Å². The Morgan fingerprint density at radius 3 is 1.60 bits per heavy atom. The standard InChI is InChI=1S/C8H6F6S/c1-6(9)7-2-4-8(5-3-7)15(10,11,12,13)14/h2-5H,1H2. The molecule has 0 saturated carbocycles. The third kappa shape index (κ3) is 2.92. The molecular formula is C8H6F6S. The van der Waals surface area contributed by atoms with Crippen molar-refractivity contribution in [2.45, 2.75) is 4.90 Å². The summed E-state index contributed by atoms with van der Waals surface area (Å²) in [7, 11) is -9.64. The van der Waals surface area contributed by atoms with Crippen molar-refractivity contribution in [3.8, 4) is 0 Å². The molecule has 0 aliphatic carbocycles. The molecule has 0 saturated heterocycles. The highest BCUT2D eigenvalue weighted by Crippen LogP contribution is 3.02. The summed E-state index contributed by atoms with van der Waals surface area (Å²) in [4.78, 5) is -2.04. The van der Waals surface area contributed by atoms with Gasteiger partial charge in [-0.2, -0.15) is 0 Å². The van der Waals surface area contributed by atoms with Gasteiger partial charge in [0.05, 0.1) is 0 Å². The summed E-state index contributed by atoms with van der Waals surface area (Å²) < 4.78 is 73.2. The van der Waals surface area contributed by atoms with Gasteiger partial charge >= 0.3 is 10.2 Å². The van der Waals surface area contributed by atoms with Crippen molar-refractivity contribution in [1.82, 2.24) is 0 Å². The molecule has 0 heterocycles. The minimum Gasteiger partial charge on any atom is -0.207 e. The minimum atomic E-state index is -9.64. The molecule has 1 rings (SSSR count). The van der Waals surface area contributed by atoms with Crippen LogP contribution in [-0.2, 0) is 0 Å². The lowest BCUT2D eigenvalue weighted by Crippen LogP contribution is -2.05. The number of hydrogen-bond donors (Lipinski definition) is 0. The van der Waals surface area contributed by atoms with E-state index < -0.39 is 20.9 Å². The molecule has 0 atom stereocenters. The van der Waals surface area contributed by atoms with Crippen LogP contribution < -0.4 is 0 Å². The second kappa shape index (κ2) is 2.52. The molecule has 15 heavy (non-hydrogen) atoms. The van der Waals surface area contributed by atoms with E-state index in [0.29, 0.717) is 12.1 Å². The Morgan fingerprint density at radius 2 is 1.33 bits per heavy atom. The van der Waals surface area contributed by atoms with Gasteiger partial charge in [-0.25, -0.2) is 4.39 Å². The van der Waals surface area contributed by atoms with Crippen LogP contribution in [0.5, 0.6) is 0 Å². The van der Waals surface area contributed by atoms with Crippen molar-refractivity contribution < 1.29 is 23.8 Å². The maximum Gasteiger partial charge on any atom is 0.310 e. The highest BCUT2D eigenvalue weighted by Gasteiger charge is 2.65. The molecule has 1 aromatic rings. The van der Waals surface area contributed by atoms with Crippen molar-refractivity contribution in [3.05, 3.63) is 36.4 Å². The molecule has 0 bridgehead atoms. The predicted octanol–water partition coefficient (Wildman–Crippen LogP) is 5.28. The molecule has 0 N–H and O–H groups in total. The second-order valence-electron chi connectivity index (χ2n) is 2.90. The third-order valence-electron chi connectivity index (χ3n) is 1.61. The lowest BCUT2D eigenvalue weighted by molar-refractivity contribution is 0.364. The molecule has 0 spiro atoms. The largest absolute Gasteiger partial charge is 0.310 e. The zero-order chi connectivity index (χ0) is 12.0. The molecule has 0 unspecified atom stereocenters. The molecule has 0 amide bonds. The van der Waals surface area contributed by atoms with Gasteiger partial charge in [0.2, 0.25) is 0 Å². The molecule has 0 aliphatic rings. The quantitative estimate of drug-likeness (QED) is 0.624. The van der Waals surface area contributed by atoms with Gasteiger partial charge in [0, 0.05) is 5.56 Å². The van der Waals surface area contributed by atoms with Crippen LogP contribution in [0.4, 0.5) is 23.8 Å². The lowest BCUT2D eigenvalue weighted by atomic mass is 10.2. The fraction of sp³-hybridized carbons (Fsp3) is 0. The number of rotatable bonds is 2. The first kappa shape index (κ1) is 12.0. The fourth-order valence-electron chi connectivity index (χ4n) is 0.893. The molecule has 0 radical (unpaired) electrons. The van der Waals surface area contributed by atoms with E-state index in [2.05, 4.69) is 6.58 Å². The number of benzene rings is 1. The Hall–Kier alpha value is -1.11. The van der Waals surface area contributed by atoms with Crippen LogP contribution in [0.15, 0.2) is 35.7 Å². The van der Waals surface area contributed by atoms with Crippen LogP contribution in [0.2, 0.25) is 0 Å². The van der Waals surface area contributed by atoms with E-state index in [9.17, 15) is 23.8 Å². The van der Waals surface area contributed by atoms with Crippen LogP contribution in [0.1, 0.15) is 5.56 Å². The summed E-state index contributed by atoms with van der Waals surface area (Å²) in [5.74, 6) is -0.983. The van der Waals surface area contributed by atoms with Crippen molar-refractivity contribution in [2.24, 2.45) is 0 Å². The highest BCUT2D eigenvalue weighted by molar-refractivity contribution is 8.45. The Kier molecular flexibility index (Phi) is 2.01. The molecule has 1 aromatic carbocycles. The van der Waals surface area contributed by atoms with Crippen molar-refractivity contribution in [3.63, 3.8) is 0 Å². The Bertz CT molecular complexity index is 400. The lowest BCUT2D eigenvalue weighted by Gasteiger charge is -2.40. The zero-order valence-corrected chi connectivity index (χ0v) is 8.01. The molecule has 0 aliphatic heterocycles. The fourth-order valence-corrected chi connectivity index (χ4v) is 1.54. The Morgan fingerprint density at radius 1 is 0.933 bits per heavy atom. The first-order valence-electron chi connectivity index (χ1n) is 3.59. The topological polar surface area (TPSA) is 0 Å². The SMILES string of the molecule is C=C(F)c1ccc(S(F)(F)(F)(F)F)cc1. The van der Waals surface area contributed by atoms with Gasteiger partial charge in [0.15, 0.2) is 0 Å². The van der Waals surface area contributed by atoms with E-state index in [1.54, 1.807) is 0 Å². The first-order valence-corrected chi connectivity index (χ1v) is 5.54. The average Bonchev–Trinajstić information content (AvgIpc) is 2.00. The molecule has 7 heteroatoms. The third-order valence-corrected chi connectivity index (χ3v) is 2.78. The van der Waals surface area contributed by atoms with E-state index in [1.807, 2.05) is 0 Å². The summed E-state index contributed by atoms with van der Waals surface area (Å²) in [6.45, 7) is 2.83. The monoisotopic (exact) mass is 248 g/mol. The summed E-state index contributed by atoms with van der Waals surface area (Å²) >= 11 is 0. The van der Waals surface area contributed by atoms with Crippen LogP contribution in [0.3, 0.4) is 0 Å². The predicted molar refractivity (Wildman–Crippen MR) is 48.0 cm³/mol. The maximum atomic E-state index is 12.4. The van der Waals surface area contributed by atoms with Gasteiger partial charge in [0.1, 0.15) is 10.7 Å². The van der Waals surface area contributed by atoms with E-state index in [-0.39, 0.29) is 17.7 Å². The normalized spacial score (nSPS) is 16.7. The van der Waals surface area contributed by atoms with Crippen molar-refractivity contribution in [2.75, 3.05) is 0 Å². The molecule has 0 aromatic heterocycles. The number of hydrogen-bond acceptors (Lipinski definition) is 0. The highest BCUT2D eigenvalue weighted by atomic mass is 32.5. The average molecular weight is 248 g/mol. The van der Waals surface area contributed by atoms with E-state index in [1.165, 1.54) is 0 Å². The zero-order valence-electron chi connectivity index (χ0n) is 7.19. The minimum absolute atomic E-state index is 0.141. The van der Waals surface area contributed by atoms with Gasteiger partial charge in [-0.05, 0) is 12.1 Å². The summed E-state index contributed by atoms with van der Waals surface area (Å²) in [6, 6.07) is 1.49. The van der Waals surface area contributed by atoms with Gasteiger partial charge < -0.3 is 0 Å². The smallest absolute Gasteiger partial charge is 0.207 e. The van der Waals surface area contributed by atoms with Crippen LogP contribution in [0, 0.1) is 0 Å². The van der Waals surface area contributed by atoms with Crippen LogP contribution >= 0.6 is 10.2 Å². The summed E-state index contributed by atoms with van der Waals surface area (Å²) in [5, 5.41) is 0. The Balaban J connectivity index is 3.29. The molecule has 0 fully saturated rings. The van der Waals surface area contributed by atoms with Crippen LogP contribution in [0.25, 0.3) is 5.83 Å². The first-order chi connectivity index (χ1) is 6.40. The second-order valence-corrected chi connectivity index (χ2v) is 5.31. The summed E-state index contributed by atoms with van der Waals surface area (Å²) in [6.07, 6.45) is 0. The van der Waals surface area contributed by atoms with Gasteiger partial charge in [0.25, 0.3) is 0 Å². The van der Waals surface area contributed by atoms with E-state index >= 15 is 0 Å². The Labute approximate surface area is 81.9 Å². The van der Waals surface area contributed by atoms with Gasteiger partial charge in [-0.15, -0.1) is 0 Å². The van der Waals surface area contributed by atoms with Crippen molar-refractivity contribution in [1.29, 1.82) is 0 Å². The van der Waals surface area contributed by atoms with Gasteiger partial charge in [-0.3, -0.25) is 0 Å². The van der Waals surface area contributed by atoms with Crippen LogP contribution in [-0.4, -0.2) is 0 Å². The summed E-state index contributed by atoms with van der Waals surface area (Å²) in [5.41, 5.74) is -0.263. The number of halogens is 6. The van der Waals surface area contributed by atoms with Gasteiger partial charge in [-0.1, -0.05) is 38.1 Å². The van der Waals surface area contributed by atoms with E-state index in [0.717, 1.165) is 0 Å². The molecular weight excluding hydrogens is 242 g/mol. The molecule has 86 valence electrons. The maximum absolute atomic E-state index is 12.4.